The topological polar surface area (TPSA) is 113 Å². The Morgan fingerprint density at radius 2 is 1.92 bits per heavy atom. The Hall–Kier alpha value is -4.02. The Morgan fingerprint density at radius 1 is 1.03 bits per heavy atom. The lowest BCUT2D eigenvalue weighted by Crippen LogP contribution is -2.28. The third kappa shape index (κ3) is 6.71. The minimum atomic E-state index is -0.815. The van der Waals surface area contributed by atoms with Crippen molar-refractivity contribution in [3.8, 4) is 17.1 Å². The first-order valence-electron chi connectivity index (χ1n) is 12.3. The maximum absolute atomic E-state index is 13.4. The van der Waals surface area contributed by atoms with Gasteiger partial charge < -0.3 is 30.0 Å². The van der Waals surface area contributed by atoms with Crippen LogP contribution in [0, 0.1) is 5.82 Å². The first kappa shape index (κ1) is 26.6. The molecular weight excluding hydrogens is 523 g/mol. The van der Waals surface area contributed by atoms with Crippen LogP contribution in [0.2, 0.25) is 5.02 Å². The molecular formula is C29H26ClFN4O4. The van der Waals surface area contributed by atoms with Gasteiger partial charge in [0, 0.05) is 23.2 Å². The van der Waals surface area contributed by atoms with Crippen LogP contribution in [0.1, 0.15) is 11.3 Å². The van der Waals surface area contributed by atoms with Gasteiger partial charge in [-0.15, -0.1) is 0 Å². The standard InChI is InChI=1S/C29H26ClFN4O4/c30-25-12-21(5-8-28(25)38-16-18-2-1-3-20(31)10-18)35-29-24-11-19(4-7-26(24)33-17-34-29)27-9-6-23(39-27)14-32-13-22(37)15-36/h1-12,17,22,32,36-37H,13-16H2,(H,33,34,35). The molecule has 2 heterocycles. The third-order valence-corrected chi connectivity index (χ3v) is 6.24. The summed E-state index contributed by atoms with van der Waals surface area (Å²) in [7, 11) is 0. The summed E-state index contributed by atoms with van der Waals surface area (Å²) in [5.74, 6) is 2.14. The number of furan rings is 1. The van der Waals surface area contributed by atoms with E-state index in [1.54, 1.807) is 24.3 Å². The zero-order valence-electron chi connectivity index (χ0n) is 20.8. The maximum atomic E-state index is 13.4. The second-order valence-electron chi connectivity index (χ2n) is 8.88. The summed E-state index contributed by atoms with van der Waals surface area (Å²) in [6.45, 7) is 0.577. The zero-order chi connectivity index (χ0) is 27.2. The molecule has 8 nitrogen and oxygen atoms in total. The van der Waals surface area contributed by atoms with Gasteiger partial charge in [0.15, 0.2) is 0 Å². The van der Waals surface area contributed by atoms with Crippen LogP contribution in [0.4, 0.5) is 15.9 Å². The second kappa shape index (κ2) is 12.2. The molecule has 10 heteroatoms. The number of aromatic nitrogens is 2. The van der Waals surface area contributed by atoms with Crippen LogP contribution in [0.5, 0.6) is 5.75 Å². The van der Waals surface area contributed by atoms with Crippen LogP contribution >= 0.6 is 11.6 Å². The monoisotopic (exact) mass is 548 g/mol. The van der Waals surface area contributed by atoms with Gasteiger partial charge in [-0.3, -0.25) is 0 Å². The number of anilines is 2. The molecule has 39 heavy (non-hydrogen) atoms. The van der Waals surface area contributed by atoms with Crippen LogP contribution in [0.3, 0.4) is 0 Å². The lowest BCUT2D eigenvalue weighted by Gasteiger charge is -2.12. The largest absolute Gasteiger partial charge is 0.487 e. The van der Waals surface area contributed by atoms with E-state index in [0.29, 0.717) is 45.9 Å². The Kier molecular flexibility index (Phi) is 8.33. The quantitative estimate of drug-likeness (QED) is 0.172. The molecule has 200 valence electrons. The summed E-state index contributed by atoms with van der Waals surface area (Å²) in [5, 5.41) is 25.9. The van der Waals surface area contributed by atoms with Crippen molar-refractivity contribution >= 4 is 34.0 Å². The van der Waals surface area contributed by atoms with Crippen LogP contribution in [0.15, 0.2) is 83.5 Å². The van der Waals surface area contributed by atoms with Gasteiger partial charge in [0.1, 0.15) is 41.8 Å². The number of aliphatic hydroxyl groups excluding tert-OH is 2. The van der Waals surface area contributed by atoms with Crippen LogP contribution in [-0.2, 0) is 13.2 Å². The lowest BCUT2D eigenvalue weighted by atomic mass is 10.1. The van der Waals surface area contributed by atoms with Crippen LogP contribution in [0.25, 0.3) is 22.2 Å². The summed E-state index contributed by atoms with van der Waals surface area (Å²) < 4.78 is 25.2. The Morgan fingerprint density at radius 3 is 2.74 bits per heavy atom. The summed E-state index contributed by atoms with van der Waals surface area (Å²) >= 11 is 6.47. The van der Waals surface area contributed by atoms with Gasteiger partial charge in [0.25, 0.3) is 0 Å². The van der Waals surface area contributed by atoms with Crippen molar-refractivity contribution in [1.29, 1.82) is 0 Å². The van der Waals surface area contributed by atoms with Crippen molar-refractivity contribution in [3.05, 3.63) is 101 Å². The molecule has 0 bridgehead atoms. The summed E-state index contributed by atoms with van der Waals surface area (Å²) in [5.41, 5.74) is 3.02. The molecule has 0 saturated carbocycles. The first-order chi connectivity index (χ1) is 19.0. The number of fused-ring (bicyclic) bond motifs is 1. The van der Waals surface area contributed by atoms with Gasteiger partial charge in [-0.25, -0.2) is 14.4 Å². The molecule has 5 rings (SSSR count). The van der Waals surface area contributed by atoms with Crippen molar-refractivity contribution in [3.63, 3.8) is 0 Å². The number of nitrogens with one attached hydrogen (secondary N) is 2. The minimum Gasteiger partial charge on any atom is -0.487 e. The average molecular weight is 549 g/mol. The number of ether oxygens (including phenoxy) is 1. The van der Waals surface area contributed by atoms with Crippen molar-refractivity contribution in [2.24, 2.45) is 0 Å². The van der Waals surface area contributed by atoms with Crippen molar-refractivity contribution < 1.29 is 23.8 Å². The second-order valence-corrected chi connectivity index (χ2v) is 9.28. The summed E-state index contributed by atoms with van der Waals surface area (Å²) in [6, 6.07) is 21.0. The highest BCUT2D eigenvalue weighted by molar-refractivity contribution is 6.32. The normalized spacial score (nSPS) is 12.0. The van der Waals surface area contributed by atoms with Gasteiger partial charge in [0.05, 0.1) is 29.8 Å². The first-order valence-corrected chi connectivity index (χ1v) is 12.6. The molecule has 0 amide bonds. The Labute approximate surface area is 229 Å². The number of nitrogens with zero attached hydrogens (tertiary/aromatic N) is 2. The molecule has 4 N–H and O–H groups in total. The summed E-state index contributed by atoms with van der Waals surface area (Å²) in [4.78, 5) is 8.80. The molecule has 0 spiro atoms. The average Bonchev–Trinajstić information content (AvgIpc) is 3.41. The van der Waals surface area contributed by atoms with Gasteiger partial charge in [0.2, 0.25) is 0 Å². The van der Waals surface area contributed by atoms with Gasteiger partial charge >= 0.3 is 0 Å². The molecule has 1 atom stereocenters. The highest BCUT2D eigenvalue weighted by atomic mass is 35.5. The van der Waals surface area contributed by atoms with E-state index in [1.165, 1.54) is 18.5 Å². The predicted molar refractivity (Wildman–Crippen MR) is 148 cm³/mol. The van der Waals surface area contributed by atoms with E-state index >= 15 is 0 Å². The van der Waals surface area contributed by atoms with Crippen molar-refractivity contribution in [2.75, 3.05) is 18.5 Å². The molecule has 5 aromatic rings. The van der Waals surface area contributed by atoms with E-state index in [4.69, 9.17) is 25.9 Å². The lowest BCUT2D eigenvalue weighted by molar-refractivity contribution is 0.0938. The molecule has 2 aromatic heterocycles. The van der Waals surface area contributed by atoms with Crippen molar-refractivity contribution in [1.82, 2.24) is 15.3 Å². The van der Waals surface area contributed by atoms with E-state index in [-0.39, 0.29) is 25.6 Å². The van der Waals surface area contributed by atoms with E-state index in [2.05, 4.69) is 20.6 Å². The van der Waals surface area contributed by atoms with E-state index < -0.39 is 6.10 Å². The molecule has 1 unspecified atom stereocenters. The highest BCUT2D eigenvalue weighted by Crippen LogP contribution is 2.32. The SMILES string of the molecule is OCC(O)CNCc1ccc(-c2ccc3ncnc(Nc4ccc(OCc5cccc(F)c5)c(Cl)c4)c3c2)o1. The fourth-order valence-electron chi connectivity index (χ4n) is 3.98. The molecule has 3 aromatic carbocycles. The number of benzene rings is 3. The maximum Gasteiger partial charge on any atom is 0.141 e. The van der Waals surface area contributed by atoms with Crippen molar-refractivity contribution in [2.45, 2.75) is 19.3 Å². The minimum absolute atomic E-state index is 0.193. The smallest absolute Gasteiger partial charge is 0.141 e. The molecule has 0 radical (unpaired) electrons. The number of hydrogen-bond acceptors (Lipinski definition) is 8. The zero-order valence-corrected chi connectivity index (χ0v) is 21.5. The summed E-state index contributed by atoms with van der Waals surface area (Å²) in [6.07, 6.45) is 0.671. The third-order valence-electron chi connectivity index (χ3n) is 5.95. The number of hydrogen-bond donors (Lipinski definition) is 4. The predicted octanol–water partition coefficient (Wildman–Crippen LogP) is 5.45. The molecule has 0 saturated heterocycles. The molecule has 0 aliphatic heterocycles. The highest BCUT2D eigenvalue weighted by Gasteiger charge is 2.11. The van der Waals surface area contributed by atoms with E-state index in [9.17, 15) is 9.50 Å². The fourth-order valence-corrected chi connectivity index (χ4v) is 4.22. The molecule has 0 aliphatic carbocycles. The van der Waals surface area contributed by atoms with E-state index in [0.717, 1.165) is 16.5 Å². The Bertz CT molecular complexity index is 1580. The fraction of sp³-hybridized carbons (Fsp3) is 0.172. The number of halogens is 2. The van der Waals surface area contributed by atoms with Gasteiger partial charge in [-0.2, -0.15) is 0 Å². The van der Waals surface area contributed by atoms with Crippen LogP contribution in [-0.4, -0.2) is 39.4 Å². The molecule has 0 fully saturated rings. The number of aliphatic hydroxyl groups is 2. The van der Waals surface area contributed by atoms with Gasteiger partial charge in [-0.05, 0) is 66.2 Å². The van der Waals surface area contributed by atoms with Gasteiger partial charge in [-0.1, -0.05) is 23.7 Å². The molecule has 0 aliphatic rings. The van der Waals surface area contributed by atoms with E-state index in [1.807, 2.05) is 36.4 Å². The van der Waals surface area contributed by atoms with Crippen LogP contribution < -0.4 is 15.4 Å². The Balaban J connectivity index is 1.30. The number of rotatable bonds is 11.